The molecule has 0 spiro atoms. The van der Waals surface area contributed by atoms with E-state index in [9.17, 15) is 26.4 Å². The molecule has 0 bridgehead atoms. The van der Waals surface area contributed by atoms with Crippen molar-refractivity contribution in [2.75, 3.05) is 18.4 Å². The highest BCUT2D eigenvalue weighted by Crippen LogP contribution is 2.27. The third-order valence-electron chi connectivity index (χ3n) is 3.44. The molecule has 0 atom stereocenters. The number of amides is 1. The van der Waals surface area contributed by atoms with E-state index in [1.165, 1.54) is 22.5 Å². The van der Waals surface area contributed by atoms with Crippen LogP contribution in [0.2, 0.25) is 0 Å². The van der Waals surface area contributed by atoms with E-state index in [4.69, 9.17) is 0 Å². The molecule has 26 heavy (non-hydrogen) atoms. The third kappa shape index (κ3) is 5.96. The van der Waals surface area contributed by atoms with Gasteiger partial charge in [0.2, 0.25) is 10.0 Å². The van der Waals surface area contributed by atoms with Crippen LogP contribution in [0.25, 0.3) is 0 Å². The van der Waals surface area contributed by atoms with Crippen molar-refractivity contribution in [2.45, 2.75) is 50.9 Å². The molecule has 0 aliphatic rings. The Morgan fingerprint density at radius 2 is 1.73 bits per heavy atom. The van der Waals surface area contributed by atoms with E-state index in [1.807, 2.05) is 13.8 Å². The van der Waals surface area contributed by atoms with E-state index >= 15 is 0 Å². The average Bonchev–Trinajstić information content (AvgIpc) is 2.50. The third-order valence-corrected chi connectivity index (χ3v) is 5.57. The fraction of sp³-hybridized carbons (Fsp3) is 0.562. The number of hydrogen-bond acceptors (Lipinski definition) is 4. The van der Waals surface area contributed by atoms with Crippen molar-refractivity contribution in [1.82, 2.24) is 9.62 Å². The molecule has 0 unspecified atom stereocenters. The number of para-hydroxylation sites is 1. The molecule has 148 valence electrons. The van der Waals surface area contributed by atoms with Crippen LogP contribution in [0.3, 0.4) is 0 Å². The quantitative estimate of drug-likeness (QED) is 0.709. The first-order valence-electron chi connectivity index (χ1n) is 8.09. The molecule has 0 fully saturated rings. The number of sulfonamides is 1. The van der Waals surface area contributed by atoms with Crippen molar-refractivity contribution in [3.63, 3.8) is 0 Å². The molecule has 0 aliphatic carbocycles. The number of hydrogen-bond donors (Lipinski definition) is 2. The number of nitrogens with zero attached hydrogens (tertiary/aromatic N) is 1. The first-order valence-corrected chi connectivity index (χ1v) is 9.53. The first-order chi connectivity index (χ1) is 11.9. The molecule has 0 saturated carbocycles. The summed E-state index contributed by atoms with van der Waals surface area (Å²) in [5, 5.41) is 4.74. The van der Waals surface area contributed by atoms with Gasteiger partial charge >= 0.3 is 12.1 Å². The Kier molecular flexibility index (Phi) is 7.60. The lowest BCUT2D eigenvalue weighted by atomic mass is 10.3. The van der Waals surface area contributed by atoms with Crippen LogP contribution in [0.5, 0.6) is 0 Å². The lowest BCUT2D eigenvalue weighted by molar-refractivity contribution is -0.167. The Morgan fingerprint density at radius 3 is 2.23 bits per heavy atom. The minimum absolute atomic E-state index is 0.139. The summed E-state index contributed by atoms with van der Waals surface area (Å²) in [6.45, 7) is 7.69. The zero-order valence-electron chi connectivity index (χ0n) is 15.1. The molecule has 0 aliphatic heterocycles. The van der Waals surface area contributed by atoms with E-state index < -0.39 is 33.8 Å². The first kappa shape index (κ1) is 22.4. The van der Waals surface area contributed by atoms with Crippen LogP contribution in [-0.2, 0) is 14.8 Å². The number of alkyl halides is 3. The highest BCUT2D eigenvalue weighted by atomic mass is 32.2. The molecular formula is C16H24F3N3O3S. The Balaban J connectivity index is 3.19. The fourth-order valence-electron chi connectivity index (χ4n) is 2.23. The maximum atomic E-state index is 13.0. The van der Waals surface area contributed by atoms with Gasteiger partial charge in [-0.3, -0.25) is 4.79 Å². The van der Waals surface area contributed by atoms with Gasteiger partial charge in [0, 0.05) is 25.2 Å². The van der Waals surface area contributed by atoms with E-state index in [0.29, 0.717) is 6.54 Å². The summed E-state index contributed by atoms with van der Waals surface area (Å²) in [5.41, 5.74) is -0.405. The molecular weight excluding hydrogens is 371 g/mol. The largest absolute Gasteiger partial charge is 0.471 e. The van der Waals surface area contributed by atoms with E-state index in [1.54, 1.807) is 19.2 Å². The van der Waals surface area contributed by atoms with Gasteiger partial charge in [-0.05, 0) is 26.0 Å². The summed E-state index contributed by atoms with van der Waals surface area (Å²) in [6, 6.07) is 4.78. The molecule has 0 aromatic heterocycles. The molecule has 1 aromatic rings. The van der Waals surface area contributed by atoms with Gasteiger partial charge in [-0.1, -0.05) is 26.0 Å². The SMILES string of the molecule is CC(C)NCCN(C(C)C)S(=O)(=O)c1ccccc1NC(=O)C(F)(F)F. The lowest BCUT2D eigenvalue weighted by Gasteiger charge is -2.27. The van der Waals surface area contributed by atoms with Crippen LogP contribution < -0.4 is 10.6 Å². The van der Waals surface area contributed by atoms with Gasteiger partial charge in [0.1, 0.15) is 4.90 Å². The number of anilines is 1. The highest BCUT2D eigenvalue weighted by molar-refractivity contribution is 7.89. The number of benzene rings is 1. The maximum absolute atomic E-state index is 13.0. The number of carbonyl (C=O) groups is 1. The standard InChI is InChI=1S/C16H24F3N3O3S/c1-11(2)20-9-10-22(12(3)4)26(24,25)14-8-6-5-7-13(14)21-15(23)16(17,18)19/h5-8,11-12,20H,9-10H2,1-4H3,(H,21,23). The van der Waals surface area contributed by atoms with Crippen LogP contribution in [-0.4, -0.2) is 50.0 Å². The Labute approximate surface area is 151 Å². The fourth-order valence-corrected chi connectivity index (χ4v) is 4.02. The van der Waals surface area contributed by atoms with Crippen molar-refractivity contribution >= 4 is 21.6 Å². The summed E-state index contributed by atoms with van der Waals surface area (Å²) in [5.74, 6) is -2.22. The number of rotatable bonds is 8. The summed E-state index contributed by atoms with van der Waals surface area (Å²) >= 11 is 0. The van der Waals surface area contributed by atoms with E-state index in [-0.39, 0.29) is 17.5 Å². The zero-order valence-corrected chi connectivity index (χ0v) is 15.9. The lowest BCUT2D eigenvalue weighted by Crippen LogP contribution is -2.42. The van der Waals surface area contributed by atoms with Gasteiger partial charge < -0.3 is 10.6 Å². The van der Waals surface area contributed by atoms with Gasteiger partial charge in [-0.25, -0.2) is 8.42 Å². The van der Waals surface area contributed by atoms with Crippen LogP contribution >= 0.6 is 0 Å². The van der Waals surface area contributed by atoms with E-state index in [2.05, 4.69) is 5.32 Å². The van der Waals surface area contributed by atoms with Gasteiger partial charge in [0.05, 0.1) is 5.69 Å². The number of nitrogens with one attached hydrogen (secondary N) is 2. The van der Waals surface area contributed by atoms with E-state index in [0.717, 1.165) is 6.07 Å². The predicted octanol–water partition coefficient (Wildman–Crippen LogP) is 2.58. The van der Waals surface area contributed by atoms with Crippen molar-refractivity contribution in [3.05, 3.63) is 24.3 Å². The Hall–Kier alpha value is -1.65. The minimum atomic E-state index is -5.12. The maximum Gasteiger partial charge on any atom is 0.471 e. The van der Waals surface area contributed by atoms with Gasteiger partial charge in [-0.15, -0.1) is 0 Å². The topological polar surface area (TPSA) is 78.5 Å². The smallest absolute Gasteiger partial charge is 0.317 e. The van der Waals surface area contributed by atoms with Crippen LogP contribution in [0.4, 0.5) is 18.9 Å². The Bertz CT molecular complexity index is 719. The molecule has 0 heterocycles. The average molecular weight is 395 g/mol. The van der Waals surface area contributed by atoms with Crippen molar-refractivity contribution in [1.29, 1.82) is 0 Å². The normalized spacial score (nSPS) is 12.8. The highest BCUT2D eigenvalue weighted by Gasteiger charge is 2.40. The molecule has 6 nitrogen and oxygen atoms in total. The summed E-state index contributed by atoms with van der Waals surface area (Å²) in [4.78, 5) is 10.8. The monoisotopic (exact) mass is 395 g/mol. The zero-order chi connectivity index (χ0) is 20.1. The minimum Gasteiger partial charge on any atom is -0.317 e. The summed E-state index contributed by atoms with van der Waals surface area (Å²) in [7, 11) is -4.11. The molecule has 1 rings (SSSR count). The second-order valence-electron chi connectivity index (χ2n) is 6.27. The van der Waals surface area contributed by atoms with Gasteiger partial charge in [0.25, 0.3) is 0 Å². The second kappa shape index (κ2) is 8.83. The predicted molar refractivity (Wildman–Crippen MR) is 93.3 cm³/mol. The number of halogens is 3. The van der Waals surface area contributed by atoms with Crippen LogP contribution in [0.1, 0.15) is 27.7 Å². The van der Waals surface area contributed by atoms with Crippen molar-refractivity contribution in [2.24, 2.45) is 0 Å². The molecule has 0 saturated heterocycles. The molecule has 1 aromatic carbocycles. The second-order valence-corrected chi connectivity index (χ2v) is 8.13. The van der Waals surface area contributed by atoms with Crippen molar-refractivity contribution < 1.29 is 26.4 Å². The number of carbonyl (C=O) groups excluding carboxylic acids is 1. The molecule has 2 N–H and O–H groups in total. The van der Waals surface area contributed by atoms with Crippen molar-refractivity contribution in [3.8, 4) is 0 Å². The summed E-state index contributed by atoms with van der Waals surface area (Å²) < 4.78 is 64.7. The molecule has 0 radical (unpaired) electrons. The van der Waals surface area contributed by atoms with Gasteiger partial charge in [-0.2, -0.15) is 17.5 Å². The van der Waals surface area contributed by atoms with Gasteiger partial charge in [0.15, 0.2) is 0 Å². The van der Waals surface area contributed by atoms with Crippen LogP contribution in [0, 0.1) is 0 Å². The Morgan fingerprint density at radius 1 is 1.15 bits per heavy atom. The summed E-state index contributed by atoms with van der Waals surface area (Å²) in [6.07, 6.45) is -5.12. The molecule has 10 heteroatoms. The van der Waals surface area contributed by atoms with Crippen LogP contribution in [0.15, 0.2) is 29.2 Å². The molecule has 1 amide bonds.